The van der Waals surface area contributed by atoms with Crippen LogP contribution >= 0.6 is 0 Å². The van der Waals surface area contributed by atoms with Crippen molar-refractivity contribution in [3.63, 3.8) is 0 Å². The van der Waals surface area contributed by atoms with Gasteiger partial charge in [0, 0.05) is 12.7 Å². The first-order valence-electron chi connectivity index (χ1n) is 5.93. The van der Waals surface area contributed by atoms with E-state index in [0.717, 1.165) is 11.3 Å². The van der Waals surface area contributed by atoms with Crippen molar-refractivity contribution in [3.8, 4) is 11.8 Å². The molecule has 4 nitrogen and oxygen atoms in total. The number of ether oxygens (including phenoxy) is 1. The molecular formula is C15H14N2O2. The van der Waals surface area contributed by atoms with Crippen LogP contribution in [-0.4, -0.2) is 17.5 Å². The fourth-order valence-electron chi connectivity index (χ4n) is 1.90. The molecule has 0 saturated carbocycles. The predicted molar refractivity (Wildman–Crippen MR) is 71.1 cm³/mol. The van der Waals surface area contributed by atoms with Crippen LogP contribution < -0.4 is 4.74 Å². The number of hydrogen-bond acceptors (Lipinski definition) is 3. The second-order valence-corrected chi connectivity index (χ2v) is 4.13. The van der Waals surface area contributed by atoms with Crippen LogP contribution in [0.2, 0.25) is 0 Å². The van der Waals surface area contributed by atoms with Crippen LogP contribution in [0.1, 0.15) is 22.5 Å². The summed E-state index contributed by atoms with van der Waals surface area (Å²) in [6, 6.07) is 13.1. The molecule has 0 amide bonds. The molecule has 96 valence electrons. The highest BCUT2D eigenvalue weighted by Crippen LogP contribution is 2.14. The molecule has 1 heterocycles. The van der Waals surface area contributed by atoms with Gasteiger partial charge in [0.15, 0.2) is 5.78 Å². The Kier molecular flexibility index (Phi) is 3.99. The highest BCUT2D eigenvalue weighted by molar-refractivity contribution is 5.96. The third kappa shape index (κ3) is 3.02. The van der Waals surface area contributed by atoms with E-state index in [4.69, 9.17) is 10.00 Å². The summed E-state index contributed by atoms with van der Waals surface area (Å²) in [6.45, 7) is 0.601. The van der Waals surface area contributed by atoms with Gasteiger partial charge in [-0.05, 0) is 29.8 Å². The minimum atomic E-state index is -0.152. The van der Waals surface area contributed by atoms with Gasteiger partial charge in [-0.3, -0.25) is 4.79 Å². The summed E-state index contributed by atoms with van der Waals surface area (Å²) in [4.78, 5) is 11.8. The van der Waals surface area contributed by atoms with Crippen LogP contribution in [-0.2, 0) is 6.54 Å². The first-order chi connectivity index (χ1) is 9.24. The average Bonchev–Trinajstić information content (AvgIpc) is 2.88. The molecule has 0 N–H and O–H groups in total. The molecule has 2 aromatic rings. The summed E-state index contributed by atoms with van der Waals surface area (Å²) in [7, 11) is 1.62. The molecule has 0 aliphatic rings. The molecule has 1 aromatic carbocycles. The molecule has 0 bridgehead atoms. The first-order valence-corrected chi connectivity index (χ1v) is 5.93. The second-order valence-electron chi connectivity index (χ2n) is 4.13. The monoisotopic (exact) mass is 254 g/mol. The van der Waals surface area contributed by atoms with Crippen molar-refractivity contribution >= 4 is 5.78 Å². The van der Waals surface area contributed by atoms with Crippen molar-refractivity contribution in [2.24, 2.45) is 0 Å². The maximum Gasteiger partial charge on any atom is 0.193 e. The highest BCUT2D eigenvalue weighted by Gasteiger charge is 2.10. The van der Waals surface area contributed by atoms with Gasteiger partial charge in [0.05, 0.1) is 18.9 Å². The lowest BCUT2D eigenvalue weighted by atomic mass is 10.2. The number of methoxy groups -OCH3 is 1. The van der Waals surface area contributed by atoms with Gasteiger partial charge in [0.1, 0.15) is 12.2 Å². The topological polar surface area (TPSA) is 55.0 Å². The van der Waals surface area contributed by atoms with E-state index in [-0.39, 0.29) is 12.2 Å². The SMILES string of the molecule is COc1ccc(Cn2cccc2C(=O)CC#N)cc1. The molecule has 0 unspecified atom stereocenters. The number of aromatic nitrogens is 1. The highest BCUT2D eigenvalue weighted by atomic mass is 16.5. The second kappa shape index (κ2) is 5.87. The standard InChI is InChI=1S/C15H14N2O2/c1-19-13-6-4-12(5-7-13)11-17-10-2-3-14(17)15(18)8-9-16/h2-7,10H,8,11H2,1H3. The molecule has 0 radical (unpaired) electrons. The van der Waals surface area contributed by atoms with E-state index in [1.165, 1.54) is 0 Å². The Morgan fingerprint density at radius 3 is 2.68 bits per heavy atom. The smallest absolute Gasteiger partial charge is 0.193 e. The lowest BCUT2D eigenvalue weighted by molar-refractivity contribution is 0.0989. The first kappa shape index (κ1) is 12.9. The van der Waals surface area contributed by atoms with Gasteiger partial charge < -0.3 is 9.30 Å². The van der Waals surface area contributed by atoms with E-state index in [1.54, 1.807) is 13.2 Å². The Morgan fingerprint density at radius 2 is 2.05 bits per heavy atom. The molecule has 0 aliphatic heterocycles. The number of ketones is 1. The Morgan fingerprint density at radius 1 is 1.32 bits per heavy atom. The molecule has 4 heteroatoms. The Bertz CT molecular complexity index is 606. The Hall–Kier alpha value is -2.54. The average molecular weight is 254 g/mol. The number of nitriles is 1. The summed E-state index contributed by atoms with van der Waals surface area (Å²) in [5.41, 5.74) is 1.64. The molecule has 0 atom stereocenters. The van der Waals surface area contributed by atoms with Crippen LogP contribution in [0.3, 0.4) is 0 Å². The number of hydrogen-bond donors (Lipinski definition) is 0. The van der Waals surface area contributed by atoms with Crippen molar-refractivity contribution in [2.45, 2.75) is 13.0 Å². The fraction of sp³-hybridized carbons (Fsp3) is 0.200. The van der Waals surface area contributed by atoms with Gasteiger partial charge in [-0.15, -0.1) is 0 Å². The van der Waals surface area contributed by atoms with Crippen molar-refractivity contribution in [1.29, 1.82) is 5.26 Å². The molecule has 1 aromatic heterocycles. The fourth-order valence-corrected chi connectivity index (χ4v) is 1.90. The lowest BCUT2D eigenvalue weighted by Gasteiger charge is -2.08. The minimum Gasteiger partial charge on any atom is -0.497 e. The summed E-state index contributed by atoms with van der Waals surface area (Å²) in [5.74, 6) is 0.651. The molecule has 0 aliphatic carbocycles. The molecule has 0 fully saturated rings. The zero-order valence-corrected chi connectivity index (χ0v) is 10.7. The van der Waals surface area contributed by atoms with E-state index >= 15 is 0 Å². The lowest BCUT2D eigenvalue weighted by Crippen LogP contribution is -2.08. The van der Waals surface area contributed by atoms with E-state index < -0.39 is 0 Å². The number of rotatable bonds is 5. The molecular weight excluding hydrogens is 240 g/mol. The van der Waals surface area contributed by atoms with Gasteiger partial charge in [-0.25, -0.2) is 0 Å². The van der Waals surface area contributed by atoms with E-state index in [0.29, 0.717) is 12.2 Å². The van der Waals surface area contributed by atoms with Crippen LogP contribution in [0.5, 0.6) is 5.75 Å². The Labute approximate surface area is 111 Å². The third-order valence-electron chi connectivity index (χ3n) is 2.87. The van der Waals surface area contributed by atoms with Crippen molar-refractivity contribution in [3.05, 3.63) is 53.9 Å². The number of nitrogens with zero attached hydrogens (tertiary/aromatic N) is 2. The third-order valence-corrected chi connectivity index (χ3v) is 2.87. The van der Waals surface area contributed by atoms with Crippen LogP contribution in [0.4, 0.5) is 0 Å². The number of carbonyl (C=O) groups is 1. The largest absolute Gasteiger partial charge is 0.497 e. The van der Waals surface area contributed by atoms with E-state index in [2.05, 4.69) is 0 Å². The van der Waals surface area contributed by atoms with Crippen molar-refractivity contribution in [2.75, 3.05) is 7.11 Å². The van der Waals surface area contributed by atoms with Gasteiger partial charge in [-0.1, -0.05) is 12.1 Å². The van der Waals surface area contributed by atoms with Crippen molar-refractivity contribution < 1.29 is 9.53 Å². The van der Waals surface area contributed by atoms with Crippen molar-refractivity contribution in [1.82, 2.24) is 4.57 Å². The molecule has 0 saturated heterocycles. The van der Waals surface area contributed by atoms with Gasteiger partial charge in [-0.2, -0.15) is 5.26 Å². The maximum absolute atomic E-state index is 11.8. The quantitative estimate of drug-likeness (QED) is 0.771. The minimum absolute atomic E-state index is 0.0906. The summed E-state index contributed by atoms with van der Waals surface area (Å²) in [6.07, 6.45) is 1.75. The number of carbonyl (C=O) groups excluding carboxylic acids is 1. The van der Waals surface area contributed by atoms with E-state index in [9.17, 15) is 4.79 Å². The van der Waals surface area contributed by atoms with Crippen LogP contribution in [0.15, 0.2) is 42.6 Å². The maximum atomic E-state index is 11.8. The van der Waals surface area contributed by atoms with Gasteiger partial charge in [0.2, 0.25) is 0 Å². The summed E-state index contributed by atoms with van der Waals surface area (Å²) in [5, 5.41) is 8.58. The van der Waals surface area contributed by atoms with Gasteiger partial charge in [0.25, 0.3) is 0 Å². The zero-order valence-electron chi connectivity index (χ0n) is 10.7. The number of Topliss-reactive ketones (excluding diaryl/α,β-unsaturated/α-hetero) is 1. The molecule has 2 rings (SSSR count). The Balaban J connectivity index is 2.17. The normalized spacial score (nSPS) is 9.89. The number of benzene rings is 1. The summed E-state index contributed by atoms with van der Waals surface area (Å²) < 4.78 is 6.95. The van der Waals surface area contributed by atoms with E-state index in [1.807, 2.05) is 47.2 Å². The predicted octanol–water partition coefficient (Wildman–Crippen LogP) is 2.64. The summed E-state index contributed by atoms with van der Waals surface area (Å²) >= 11 is 0. The van der Waals surface area contributed by atoms with Crippen LogP contribution in [0.25, 0.3) is 0 Å². The van der Waals surface area contributed by atoms with Gasteiger partial charge >= 0.3 is 0 Å². The van der Waals surface area contributed by atoms with Crippen LogP contribution in [0, 0.1) is 11.3 Å². The molecule has 0 spiro atoms. The molecule has 19 heavy (non-hydrogen) atoms. The zero-order chi connectivity index (χ0) is 13.7.